The highest BCUT2D eigenvalue weighted by atomic mass is 31.1. The summed E-state index contributed by atoms with van der Waals surface area (Å²) in [5.74, 6) is 0.729. The van der Waals surface area contributed by atoms with E-state index in [0.717, 1.165) is 11.6 Å². The summed E-state index contributed by atoms with van der Waals surface area (Å²) in [6.45, 7) is 0. The standard InChI is InChI=1S/C21H19P/c1-4-10-17(11-5-1)20-16-21(20)22(18-12-6-2-7-13-18)19-14-8-3-9-15-19/h1-15,20-21H,16H2. The monoisotopic (exact) mass is 302 g/mol. The molecule has 0 aliphatic heterocycles. The van der Waals surface area contributed by atoms with E-state index in [-0.39, 0.29) is 7.92 Å². The molecule has 0 amide bonds. The van der Waals surface area contributed by atoms with Crippen LogP contribution in [0.5, 0.6) is 0 Å². The lowest BCUT2D eigenvalue weighted by molar-refractivity contribution is 1.13. The number of hydrogen-bond donors (Lipinski definition) is 0. The predicted molar refractivity (Wildman–Crippen MR) is 96.7 cm³/mol. The first kappa shape index (κ1) is 13.7. The Hall–Kier alpha value is -1.91. The second-order valence-corrected chi connectivity index (χ2v) is 8.30. The minimum atomic E-state index is -0.262. The fourth-order valence-electron chi connectivity index (χ4n) is 3.23. The van der Waals surface area contributed by atoms with Crippen molar-refractivity contribution in [1.82, 2.24) is 0 Å². The molecule has 0 spiro atoms. The molecule has 1 aliphatic rings. The third-order valence-corrected chi connectivity index (χ3v) is 7.33. The van der Waals surface area contributed by atoms with Gasteiger partial charge in [0.1, 0.15) is 0 Å². The molecule has 1 heteroatoms. The summed E-state index contributed by atoms with van der Waals surface area (Å²) >= 11 is 0. The topological polar surface area (TPSA) is 0 Å². The summed E-state index contributed by atoms with van der Waals surface area (Å²) in [6, 6.07) is 33.2. The maximum Gasteiger partial charge on any atom is -0.00537 e. The van der Waals surface area contributed by atoms with Crippen molar-refractivity contribution in [2.45, 2.75) is 18.0 Å². The van der Waals surface area contributed by atoms with E-state index in [9.17, 15) is 0 Å². The van der Waals surface area contributed by atoms with Crippen LogP contribution in [0.15, 0.2) is 91.0 Å². The van der Waals surface area contributed by atoms with Crippen molar-refractivity contribution >= 4 is 18.5 Å². The summed E-state index contributed by atoms with van der Waals surface area (Å²) in [4.78, 5) is 0. The number of benzene rings is 3. The Kier molecular flexibility index (Phi) is 3.79. The molecular weight excluding hydrogens is 283 g/mol. The lowest BCUT2D eigenvalue weighted by atomic mass is 10.1. The lowest BCUT2D eigenvalue weighted by Gasteiger charge is -2.19. The summed E-state index contributed by atoms with van der Waals surface area (Å²) < 4.78 is 0. The van der Waals surface area contributed by atoms with Gasteiger partial charge in [0.2, 0.25) is 0 Å². The highest BCUT2D eigenvalue weighted by molar-refractivity contribution is 7.74. The molecule has 0 saturated heterocycles. The molecule has 2 unspecified atom stereocenters. The van der Waals surface area contributed by atoms with Crippen molar-refractivity contribution in [3.05, 3.63) is 96.6 Å². The van der Waals surface area contributed by atoms with Crippen LogP contribution in [0.2, 0.25) is 0 Å². The molecule has 0 nitrogen and oxygen atoms in total. The Labute approximate surface area is 133 Å². The molecule has 0 radical (unpaired) electrons. The molecule has 0 aromatic heterocycles. The molecule has 0 heterocycles. The van der Waals surface area contributed by atoms with E-state index >= 15 is 0 Å². The minimum absolute atomic E-state index is 0.262. The average molecular weight is 302 g/mol. The van der Waals surface area contributed by atoms with Crippen molar-refractivity contribution in [3.8, 4) is 0 Å². The van der Waals surface area contributed by atoms with Gasteiger partial charge in [-0.25, -0.2) is 0 Å². The van der Waals surface area contributed by atoms with Crippen LogP contribution in [0, 0.1) is 0 Å². The minimum Gasteiger partial charge on any atom is -0.0622 e. The molecule has 22 heavy (non-hydrogen) atoms. The normalized spacial score (nSPS) is 20.0. The quantitative estimate of drug-likeness (QED) is 0.614. The first-order valence-electron chi connectivity index (χ1n) is 7.88. The Balaban J connectivity index is 1.68. The van der Waals surface area contributed by atoms with Crippen LogP contribution in [0.1, 0.15) is 17.9 Å². The Morgan fingerprint density at radius 3 is 1.55 bits per heavy atom. The third kappa shape index (κ3) is 2.72. The van der Waals surface area contributed by atoms with E-state index in [4.69, 9.17) is 0 Å². The van der Waals surface area contributed by atoms with Crippen molar-refractivity contribution < 1.29 is 0 Å². The van der Waals surface area contributed by atoms with Gasteiger partial charge in [-0.05, 0) is 42.1 Å². The van der Waals surface area contributed by atoms with Gasteiger partial charge in [-0.15, -0.1) is 0 Å². The van der Waals surface area contributed by atoms with E-state index in [1.807, 2.05) is 0 Å². The van der Waals surface area contributed by atoms with E-state index in [0.29, 0.717) is 0 Å². The SMILES string of the molecule is c1ccc(C2CC2P(c2ccccc2)c2ccccc2)cc1. The van der Waals surface area contributed by atoms with Crippen molar-refractivity contribution in [2.24, 2.45) is 0 Å². The molecule has 1 fully saturated rings. The van der Waals surface area contributed by atoms with Gasteiger partial charge in [0.05, 0.1) is 0 Å². The molecule has 3 aromatic rings. The van der Waals surface area contributed by atoms with Crippen molar-refractivity contribution in [3.63, 3.8) is 0 Å². The number of hydrogen-bond acceptors (Lipinski definition) is 0. The Morgan fingerprint density at radius 2 is 1.05 bits per heavy atom. The zero-order valence-corrected chi connectivity index (χ0v) is 13.4. The van der Waals surface area contributed by atoms with E-state index in [2.05, 4.69) is 91.0 Å². The van der Waals surface area contributed by atoms with Crippen LogP contribution in [-0.2, 0) is 0 Å². The highest BCUT2D eigenvalue weighted by Crippen LogP contribution is 2.60. The van der Waals surface area contributed by atoms with Crippen LogP contribution < -0.4 is 10.6 Å². The summed E-state index contributed by atoms with van der Waals surface area (Å²) in [5, 5.41) is 3.01. The van der Waals surface area contributed by atoms with Gasteiger partial charge in [0.15, 0.2) is 0 Å². The maximum atomic E-state index is 2.30. The molecule has 1 aliphatic carbocycles. The van der Waals surface area contributed by atoms with Gasteiger partial charge >= 0.3 is 0 Å². The fourth-order valence-corrected chi connectivity index (χ4v) is 6.26. The van der Waals surface area contributed by atoms with Crippen LogP contribution in [0.25, 0.3) is 0 Å². The molecule has 1 saturated carbocycles. The first-order valence-corrected chi connectivity index (χ1v) is 9.29. The predicted octanol–water partition coefficient (Wildman–Crippen LogP) is 4.68. The third-order valence-electron chi connectivity index (χ3n) is 4.38. The summed E-state index contributed by atoms with van der Waals surface area (Å²) in [5.41, 5.74) is 2.29. The molecule has 108 valence electrons. The largest absolute Gasteiger partial charge is 0.0622 e. The van der Waals surface area contributed by atoms with Crippen LogP contribution in [0.3, 0.4) is 0 Å². The van der Waals surface area contributed by atoms with Gasteiger partial charge < -0.3 is 0 Å². The van der Waals surface area contributed by atoms with Gasteiger partial charge in [-0.3, -0.25) is 0 Å². The van der Waals surface area contributed by atoms with E-state index in [1.54, 1.807) is 0 Å². The average Bonchev–Trinajstić information content (AvgIpc) is 3.38. The van der Waals surface area contributed by atoms with Gasteiger partial charge in [0.25, 0.3) is 0 Å². The summed E-state index contributed by atoms with van der Waals surface area (Å²) in [7, 11) is -0.262. The molecule has 2 atom stereocenters. The first-order chi connectivity index (χ1) is 10.9. The second kappa shape index (κ2) is 6.07. The van der Waals surface area contributed by atoms with Crippen LogP contribution in [-0.4, -0.2) is 5.66 Å². The second-order valence-electron chi connectivity index (χ2n) is 5.86. The number of rotatable bonds is 4. The molecule has 0 N–H and O–H groups in total. The molecule has 3 aromatic carbocycles. The zero-order chi connectivity index (χ0) is 14.8. The van der Waals surface area contributed by atoms with E-state index < -0.39 is 0 Å². The fraction of sp³-hybridized carbons (Fsp3) is 0.143. The maximum absolute atomic E-state index is 2.30. The van der Waals surface area contributed by atoms with Gasteiger partial charge in [0, 0.05) is 0 Å². The van der Waals surface area contributed by atoms with Gasteiger partial charge in [-0.1, -0.05) is 91.0 Å². The zero-order valence-electron chi connectivity index (χ0n) is 12.5. The van der Waals surface area contributed by atoms with Crippen LogP contribution >= 0.6 is 7.92 Å². The molecule has 4 rings (SSSR count). The lowest BCUT2D eigenvalue weighted by Crippen LogP contribution is -2.15. The van der Waals surface area contributed by atoms with Crippen LogP contribution in [0.4, 0.5) is 0 Å². The van der Waals surface area contributed by atoms with Crippen molar-refractivity contribution in [2.75, 3.05) is 0 Å². The molecular formula is C21H19P. The summed E-state index contributed by atoms with van der Waals surface area (Å²) in [6.07, 6.45) is 1.32. The molecule has 0 bridgehead atoms. The Morgan fingerprint density at radius 1 is 0.591 bits per heavy atom. The van der Waals surface area contributed by atoms with Crippen molar-refractivity contribution in [1.29, 1.82) is 0 Å². The highest BCUT2D eigenvalue weighted by Gasteiger charge is 2.44. The van der Waals surface area contributed by atoms with Gasteiger partial charge in [-0.2, -0.15) is 0 Å². The van der Waals surface area contributed by atoms with E-state index in [1.165, 1.54) is 22.6 Å². The Bertz CT molecular complexity index is 682. The smallest absolute Gasteiger partial charge is 0.00537 e.